The molecule has 124 valence electrons. The molecule has 0 fully saturated rings. The molecule has 0 aliphatic carbocycles. The summed E-state index contributed by atoms with van der Waals surface area (Å²) in [6.07, 6.45) is 2.77. The molecule has 3 aromatic rings. The Bertz CT molecular complexity index is 870. The number of phenols is 1. The third-order valence-corrected chi connectivity index (χ3v) is 4.37. The van der Waals surface area contributed by atoms with Gasteiger partial charge in [0, 0.05) is 0 Å². The minimum Gasteiger partial charge on any atom is -0.508 e. The number of allylic oxidation sites excluding steroid dienone is 1. The molecule has 3 aromatic carbocycles. The Morgan fingerprint density at radius 1 is 0.800 bits per heavy atom. The molecule has 0 saturated carbocycles. The van der Waals surface area contributed by atoms with E-state index in [1.165, 1.54) is 16.7 Å². The van der Waals surface area contributed by atoms with Crippen molar-refractivity contribution in [2.75, 3.05) is 0 Å². The molecule has 0 amide bonds. The Morgan fingerprint density at radius 2 is 1.36 bits per heavy atom. The van der Waals surface area contributed by atoms with E-state index in [9.17, 15) is 5.11 Å². The van der Waals surface area contributed by atoms with Gasteiger partial charge in [-0.2, -0.15) is 0 Å². The van der Waals surface area contributed by atoms with Gasteiger partial charge < -0.3 is 5.11 Å². The van der Waals surface area contributed by atoms with Gasteiger partial charge in [0.15, 0.2) is 0 Å². The number of phenolic OH excluding ortho intramolecular Hbond substituents is 1. The molecule has 1 nitrogen and oxygen atoms in total. The van der Waals surface area contributed by atoms with Gasteiger partial charge in [0.25, 0.3) is 0 Å². The number of hydrogen-bond acceptors (Lipinski definition) is 1. The van der Waals surface area contributed by atoms with Crippen LogP contribution in [-0.4, -0.2) is 5.11 Å². The van der Waals surface area contributed by atoms with E-state index in [1.807, 2.05) is 24.3 Å². The fourth-order valence-electron chi connectivity index (χ4n) is 3.09. The smallest absolute Gasteiger partial charge is 0.115 e. The molecular weight excluding hydrogens is 304 g/mol. The highest BCUT2D eigenvalue weighted by Crippen LogP contribution is 2.35. The predicted molar refractivity (Wildman–Crippen MR) is 107 cm³/mol. The second kappa shape index (κ2) is 7.67. The monoisotopic (exact) mass is 326 g/mol. The SMILES string of the molecule is C=Cc1ccc(C(=C(CC)c2ccccc2)c2ccc(O)cc2)cc1. The Balaban J connectivity index is 2.24. The van der Waals surface area contributed by atoms with Crippen LogP contribution < -0.4 is 0 Å². The fourth-order valence-corrected chi connectivity index (χ4v) is 3.09. The van der Waals surface area contributed by atoms with Gasteiger partial charge in [-0.1, -0.05) is 86.3 Å². The molecule has 0 aromatic heterocycles. The predicted octanol–water partition coefficient (Wildman–Crippen LogP) is 6.40. The molecule has 1 heteroatoms. The van der Waals surface area contributed by atoms with Gasteiger partial charge in [0.1, 0.15) is 5.75 Å². The number of aromatic hydroxyl groups is 1. The van der Waals surface area contributed by atoms with Gasteiger partial charge in [-0.05, 0) is 52.0 Å². The van der Waals surface area contributed by atoms with Crippen molar-refractivity contribution in [1.82, 2.24) is 0 Å². The number of rotatable bonds is 5. The summed E-state index contributed by atoms with van der Waals surface area (Å²) in [6.45, 7) is 6.01. The van der Waals surface area contributed by atoms with Gasteiger partial charge in [-0.3, -0.25) is 0 Å². The average molecular weight is 326 g/mol. The van der Waals surface area contributed by atoms with Gasteiger partial charge in [0.2, 0.25) is 0 Å². The molecule has 0 aliphatic heterocycles. The first-order valence-electron chi connectivity index (χ1n) is 8.53. The Hall–Kier alpha value is -3.06. The second-order valence-corrected chi connectivity index (χ2v) is 5.95. The zero-order valence-corrected chi connectivity index (χ0v) is 14.4. The van der Waals surface area contributed by atoms with Crippen LogP contribution in [0.2, 0.25) is 0 Å². The van der Waals surface area contributed by atoms with Crippen molar-refractivity contribution in [2.24, 2.45) is 0 Å². The van der Waals surface area contributed by atoms with Crippen LogP contribution in [0.5, 0.6) is 5.75 Å². The van der Waals surface area contributed by atoms with Crippen LogP contribution in [0.1, 0.15) is 35.6 Å². The van der Waals surface area contributed by atoms with Gasteiger partial charge in [-0.15, -0.1) is 0 Å². The van der Waals surface area contributed by atoms with Crippen molar-refractivity contribution >= 4 is 17.2 Å². The Morgan fingerprint density at radius 3 is 1.88 bits per heavy atom. The summed E-state index contributed by atoms with van der Waals surface area (Å²) >= 11 is 0. The van der Waals surface area contributed by atoms with Crippen LogP contribution in [0.15, 0.2) is 85.4 Å². The lowest BCUT2D eigenvalue weighted by Crippen LogP contribution is -1.95. The molecule has 0 unspecified atom stereocenters. The zero-order valence-electron chi connectivity index (χ0n) is 14.4. The summed E-state index contributed by atoms with van der Waals surface area (Å²) in [5.41, 5.74) is 7.08. The maximum absolute atomic E-state index is 9.66. The molecule has 0 spiro atoms. The average Bonchev–Trinajstić information content (AvgIpc) is 2.68. The maximum Gasteiger partial charge on any atom is 0.115 e. The molecule has 1 N–H and O–H groups in total. The number of benzene rings is 3. The van der Waals surface area contributed by atoms with Gasteiger partial charge in [0.05, 0.1) is 0 Å². The van der Waals surface area contributed by atoms with Crippen LogP contribution in [0.3, 0.4) is 0 Å². The highest BCUT2D eigenvalue weighted by molar-refractivity contribution is 5.98. The van der Waals surface area contributed by atoms with E-state index < -0.39 is 0 Å². The van der Waals surface area contributed by atoms with E-state index in [4.69, 9.17) is 0 Å². The summed E-state index contributed by atoms with van der Waals surface area (Å²) in [7, 11) is 0. The summed E-state index contributed by atoms with van der Waals surface area (Å²) in [5, 5.41) is 9.66. The molecule has 3 rings (SSSR count). The van der Waals surface area contributed by atoms with E-state index in [2.05, 4.69) is 62.0 Å². The molecule has 0 bridgehead atoms. The Labute approximate surface area is 149 Å². The minimum atomic E-state index is 0.280. The first-order chi connectivity index (χ1) is 12.2. The minimum absolute atomic E-state index is 0.280. The van der Waals surface area contributed by atoms with Gasteiger partial charge in [-0.25, -0.2) is 0 Å². The first kappa shape index (κ1) is 16.8. The van der Waals surface area contributed by atoms with Crippen molar-refractivity contribution in [1.29, 1.82) is 0 Å². The normalized spacial score (nSPS) is 11.7. The fraction of sp³-hybridized carbons (Fsp3) is 0.0833. The standard InChI is InChI=1S/C24H22O/c1-3-18-10-12-20(13-11-18)24(21-14-16-22(25)17-15-21)23(4-2)19-8-6-5-7-9-19/h3,5-17,25H,1,4H2,2H3. The van der Waals surface area contributed by atoms with Crippen molar-refractivity contribution in [3.63, 3.8) is 0 Å². The van der Waals surface area contributed by atoms with Crippen molar-refractivity contribution in [3.8, 4) is 5.75 Å². The van der Waals surface area contributed by atoms with Crippen LogP contribution in [0.4, 0.5) is 0 Å². The van der Waals surface area contributed by atoms with E-state index in [0.717, 1.165) is 23.1 Å². The molecule has 0 radical (unpaired) electrons. The third kappa shape index (κ3) is 3.72. The topological polar surface area (TPSA) is 20.2 Å². The van der Waals surface area contributed by atoms with Crippen molar-refractivity contribution in [3.05, 3.63) is 108 Å². The maximum atomic E-state index is 9.66. The first-order valence-corrected chi connectivity index (χ1v) is 8.53. The summed E-state index contributed by atoms with van der Waals surface area (Å²) in [6, 6.07) is 26.4. The quantitative estimate of drug-likeness (QED) is 0.537. The molecule has 0 saturated heterocycles. The molecule has 0 aliphatic rings. The second-order valence-electron chi connectivity index (χ2n) is 5.95. The van der Waals surface area contributed by atoms with E-state index in [-0.39, 0.29) is 5.75 Å². The summed E-state index contributed by atoms with van der Waals surface area (Å²) < 4.78 is 0. The summed E-state index contributed by atoms with van der Waals surface area (Å²) in [4.78, 5) is 0. The third-order valence-electron chi connectivity index (χ3n) is 4.37. The lowest BCUT2D eigenvalue weighted by molar-refractivity contribution is 0.475. The van der Waals surface area contributed by atoms with Crippen LogP contribution in [0.25, 0.3) is 17.2 Å². The highest BCUT2D eigenvalue weighted by Gasteiger charge is 2.13. The van der Waals surface area contributed by atoms with E-state index >= 15 is 0 Å². The van der Waals surface area contributed by atoms with Crippen LogP contribution in [0, 0.1) is 0 Å². The van der Waals surface area contributed by atoms with E-state index in [1.54, 1.807) is 12.1 Å². The highest BCUT2D eigenvalue weighted by atomic mass is 16.3. The van der Waals surface area contributed by atoms with Crippen molar-refractivity contribution < 1.29 is 5.11 Å². The lowest BCUT2D eigenvalue weighted by Gasteiger charge is -2.16. The molecular formula is C24H22O. The number of hydrogen-bond donors (Lipinski definition) is 1. The molecule has 0 atom stereocenters. The Kier molecular flexibility index (Phi) is 5.15. The largest absolute Gasteiger partial charge is 0.508 e. The summed E-state index contributed by atoms with van der Waals surface area (Å²) in [5.74, 6) is 0.280. The zero-order chi connectivity index (χ0) is 17.6. The van der Waals surface area contributed by atoms with Crippen LogP contribution >= 0.6 is 0 Å². The molecule has 25 heavy (non-hydrogen) atoms. The van der Waals surface area contributed by atoms with Crippen LogP contribution in [-0.2, 0) is 0 Å². The van der Waals surface area contributed by atoms with Crippen molar-refractivity contribution in [2.45, 2.75) is 13.3 Å². The molecule has 0 heterocycles. The van der Waals surface area contributed by atoms with Gasteiger partial charge >= 0.3 is 0 Å². The van der Waals surface area contributed by atoms with E-state index in [0.29, 0.717) is 0 Å². The lowest BCUT2D eigenvalue weighted by atomic mass is 9.88.